The molecule has 0 atom stereocenters. The van der Waals surface area contributed by atoms with Crippen LogP contribution in [0.1, 0.15) is 17.5 Å². The Kier molecular flexibility index (Phi) is 5.55. The molecule has 0 unspecified atom stereocenters. The molecule has 0 bridgehead atoms. The number of anilines is 2. The van der Waals surface area contributed by atoms with Crippen molar-refractivity contribution >= 4 is 17.3 Å². The molecule has 0 saturated heterocycles. The van der Waals surface area contributed by atoms with E-state index in [0.717, 1.165) is 23.5 Å². The summed E-state index contributed by atoms with van der Waals surface area (Å²) in [6, 6.07) is 15.6. The van der Waals surface area contributed by atoms with E-state index < -0.39 is 0 Å². The smallest absolute Gasteiger partial charge is 0.224 e. The predicted molar refractivity (Wildman–Crippen MR) is 91.6 cm³/mol. The third-order valence-electron chi connectivity index (χ3n) is 3.39. The van der Waals surface area contributed by atoms with Crippen LogP contribution in [0.3, 0.4) is 0 Å². The highest BCUT2D eigenvalue weighted by molar-refractivity contribution is 5.91. The van der Waals surface area contributed by atoms with Crippen molar-refractivity contribution in [3.63, 3.8) is 0 Å². The van der Waals surface area contributed by atoms with Gasteiger partial charge in [0.1, 0.15) is 0 Å². The maximum Gasteiger partial charge on any atom is 0.224 e. The number of hydrogen-bond acceptors (Lipinski definition) is 3. The maximum absolute atomic E-state index is 12.1. The van der Waals surface area contributed by atoms with Crippen LogP contribution in [0.25, 0.3) is 0 Å². The molecule has 0 aliphatic heterocycles. The van der Waals surface area contributed by atoms with E-state index in [1.807, 2.05) is 56.6 Å². The molecular weight excluding hydrogens is 274 g/mol. The standard InChI is InChI=1S/C18H23N3O/c1-21(2)13-14-6-5-8-16(12-14)20-18(22)11-10-15-7-3-4-9-17(15)19/h3-9,12H,10-11,13,19H2,1-2H3,(H,20,22). The Morgan fingerprint density at radius 1 is 1.14 bits per heavy atom. The largest absolute Gasteiger partial charge is 0.399 e. The Balaban J connectivity index is 1.91. The molecule has 0 heterocycles. The average Bonchev–Trinajstić information content (AvgIpc) is 2.46. The van der Waals surface area contributed by atoms with Gasteiger partial charge in [0, 0.05) is 24.3 Å². The number of amides is 1. The summed E-state index contributed by atoms with van der Waals surface area (Å²) in [4.78, 5) is 14.2. The quantitative estimate of drug-likeness (QED) is 0.806. The predicted octanol–water partition coefficient (Wildman–Crippen LogP) is 2.90. The number of nitrogens with two attached hydrogens (primary N) is 1. The van der Waals surface area contributed by atoms with Gasteiger partial charge in [0.25, 0.3) is 0 Å². The molecule has 1 amide bonds. The number of nitrogens with one attached hydrogen (secondary N) is 1. The molecule has 3 N–H and O–H groups in total. The molecule has 0 aliphatic carbocycles. The summed E-state index contributed by atoms with van der Waals surface area (Å²) in [7, 11) is 4.05. The number of benzene rings is 2. The molecule has 116 valence electrons. The molecule has 4 nitrogen and oxygen atoms in total. The van der Waals surface area contributed by atoms with Gasteiger partial charge >= 0.3 is 0 Å². The second-order valence-corrected chi connectivity index (χ2v) is 5.69. The monoisotopic (exact) mass is 297 g/mol. The van der Waals surface area contributed by atoms with Crippen LogP contribution in [0.15, 0.2) is 48.5 Å². The molecule has 0 fully saturated rings. The Labute approximate surface area is 131 Å². The summed E-state index contributed by atoms with van der Waals surface area (Å²) in [6.45, 7) is 0.851. The van der Waals surface area contributed by atoms with Gasteiger partial charge in [-0.1, -0.05) is 30.3 Å². The number of rotatable bonds is 6. The summed E-state index contributed by atoms with van der Waals surface area (Å²) < 4.78 is 0. The van der Waals surface area contributed by atoms with Gasteiger partial charge in [0.2, 0.25) is 5.91 Å². The minimum Gasteiger partial charge on any atom is -0.399 e. The fourth-order valence-electron chi connectivity index (χ4n) is 2.35. The van der Waals surface area contributed by atoms with Crippen LogP contribution in [0, 0.1) is 0 Å². The molecular formula is C18H23N3O. The van der Waals surface area contributed by atoms with Crippen molar-refractivity contribution in [3.8, 4) is 0 Å². The van der Waals surface area contributed by atoms with Gasteiger partial charge < -0.3 is 16.0 Å². The Hall–Kier alpha value is -2.33. The van der Waals surface area contributed by atoms with Gasteiger partial charge in [-0.2, -0.15) is 0 Å². The third-order valence-corrected chi connectivity index (χ3v) is 3.39. The van der Waals surface area contributed by atoms with Crippen molar-refractivity contribution in [2.24, 2.45) is 0 Å². The summed E-state index contributed by atoms with van der Waals surface area (Å²) in [5.41, 5.74) is 9.66. The summed E-state index contributed by atoms with van der Waals surface area (Å²) in [5.74, 6) is 0.00487. The Bertz CT molecular complexity index is 638. The molecule has 0 saturated carbocycles. The molecule has 2 aromatic rings. The minimum atomic E-state index is 0.00487. The van der Waals surface area contributed by atoms with Gasteiger partial charge in [-0.15, -0.1) is 0 Å². The van der Waals surface area contributed by atoms with Gasteiger partial charge in [0.15, 0.2) is 0 Å². The fraction of sp³-hybridized carbons (Fsp3) is 0.278. The van der Waals surface area contributed by atoms with Crippen molar-refractivity contribution in [2.45, 2.75) is 19.4 Å². The molecule has 0 aromatic heterocycles. The first-order valence-electron chi connectivity index (χ1n) is 7.41. The number of aryl methyl sites for hydroxylation is 1. The highest BCUT2D eigenvalue weighted by Gasteiger charge is 2.06. The normalized spacial score (nSPS) is 10.7. The second-order valence-electron chi connectivity index (χ2n) is 5.69. The lowest BCUT2D eigenvalue weighted by molar-refractivity contribution is -0.116. The van der Waals surface area contributed by atoms with E-state index in [0.29, 0.717) is 12.8 Å². The molecule has 2 rings (SSSR count). The van der Waals surface area contributed by atoms with E-state index >= 15 is 0 Å². The van der Waals surface area contributed by atoms with E-state index in [-0.39, 0.29) is 5.91 Å². The van der Waals surface area contributed by atoms with E-state index in [9.17, 15) is 4.79 Å². The van der Waals surface area contributed by atoms with Crippen molar-refractivity contribution < 1.29 is 4.79 Å². The molecule has 0 aliphatic rings. The summed E-state index contributed by atoms with van der Waals surface area (Å²) in [6.07, 6.45) is 1.07. The number of nitrogen functional groups attached to an aromatic ring is 1. The van der Waals surface area contributed by atoms with Gasteiger partial charge in [0.05, 0.1) is 0 Å². The maximum atomic E-state index is 12.1. The van der Waals surface area contributed by atoms with Gasteiger partial charge in [-0.05, 0) is 49.8 Å². The first-order chi connectivity index (χ1) is 10.5. The third kappa shape index (κ3) is 4.90. The highest BCUT2D eigenvalue weighted by Crippen LogP contribution is 2.15. The number of nitrogens with zero attached hydrogens (tertiary/aromatic N) is 1. The van der Waals surface area contributed by atoms with Crippen molar-refractivity contribution in [3.05, 3.63) is 59.7 Å². The van der Waals surface area contributed by atoms with Crippen LogP contribution in [-0.4, -0.2) is 24.9 Å². The van der Waals surface area contributed by atoms with E-state index in [2.05, 4.69) is 16.3 Å². The van der Waals surface area contributed by atoms with Crippen LogP contribution in [-0.2, 0) is 17.8 Å². The van der Waals surface area contributed by atoms with Crippen molar-refractivity contribution in [1.82, 2.24) is 4.90 Å². The lowest BCUT2D eigenvalue weighted by Gasteiger charge is -2.11. The molecule has 22 heavy (non-hydrogen) atoms. The minimum absolute atomic E-state index is 0.00487. The topological polar surface area (TPSA) is 58.4 Å². The first-order valence-corrected chi connectivity index (χ1v) is 7.41. The van der Waals surface area contributed by atoms with Crippen molar-refractivity contribution in [1.29, 1.82) is 0 Å². The number of para-hydroxylation sites is 1. The molecule has 0 radical (unpaired) electrons. The highest BCUT2D eigenvalue weighted by atomic mass is 16.1. The molecule has 4 heteroatoms. The van der Waals surface area contributed by atoms with E-state index in [4.69, 9.17) is 5.73 Å². The van der Waals surface area contributed by atoms with E-state index in [1.165, 1.54) is 5.56 Å². The number of carbonyl (C=O) groups is 1. The van der Waals surface area contributed by atoms with Crippen molar-refractivity contribution in [2.75, 3.05) is 25.1 Å². The second kappa shape index (κ2) is 7.61. The van der Waals surface area contributed by atoms with Gasteiger partial charge in [-0.3, -0.25) is 4.79 Å². The van der Waals surface area contributed by atoms with Crippen LogP contribution >= 0.6 is 0 Å². The lowest BCUT2D eigenvalue weighted by atomic mass is 10.1. The van der Waals surface area contributed by atoms with E-state index in [1.54, 1.807) is 0 Å². The zero-order valence-corrected chi connectivity index (χ0v) is 13.2. The van der Waals surface area contributed by atoms with Crippen LogP contribution < -0.4 is 11.1 Å². The van der Waals surface area contributed by atoms with Gasteiger partial charge in [-0.25, -0.2) is 0 Å². The Morgan fingerprint density at radius 3 is 2.64 bits per heavy atom. The van der Waals surface area contributed by atoms with Crippen LogP contribution in [0.5, 0.6) is 0 Å². The summed E-state index contributed by atoms with van der Waals surface area (Å²) in [5, 5.41) is 2.95. The lowest BCUT2D eigenvalue weighted by Crippen LogP contribution is -2.14. The van der Waals surface area contributed by atoms with Crippen LogP contribution in [0.4, 0.5) is 11.4 Å². The Morgan fingerprint density at radius 2 is 1.91 bits per heavy atom. The number of carbonyl (C=O) groups excluding carboxylic acids is 1. The summed E-state index contributed by atoms with van der Waals surface area (Å²) >= 11 is 0. The fourth-order valence-corrected chi connectivity index (χ4v) is 2.35. The number of hydrogen-bond donors (Lipinski definition) is 2. The first kappa shape index (κ1) is 16.0. The molecule has 0 spiro atoms. The SMILES string of the molecule is CN(C)Cc1cccc(NC(=O)CCc2ccccc2N)c1. The zero-order chi connectivity index (χ0) is 15.9. The van der Waals surface area contributed by atoms with Crippen LogP contribution in [0.2, 0.25) is 0 Å². The molecule has 2 aromatic carbocycles. The zero-order valence-electron chi connectivity index (χ0n) is 13.2. The average molecular weight is 297 g/mol.